The van der Waals surface area contributed by atoms with Crippen LogP contribution in [0.4, 0.5) is 0 Å². The van der Waals surface area contributed by atoms with Gasteiger partial charge in [0.1, 0.15) is 0 Å². The van der Waals surface area contributed by atoms with Gasteiger partial charge >= 0.3 is 0 Å². The molecule has 6 nitrogen and oxygen atoms in total. The minimum atomic E-state index is 0.143. The van der Waals surface area contributed by atoms with Crippen molar-refractivity contribution in [3.63, 3.8) is 0 Å². The fourth-order valence-corrected chi connectivity index (χ4v) is 1.96. The van der Waals surface area contributed by atoms with E-state index in [1.54, 1.807) is 17.1 Å². The van der Waals surface area contributed by atoms with Crippen molar-refractivity contribution < 1.29 is 4.79 Å². The first-order valence-electron chi connectivity index (χ1n) is 5.63. The Bertz CT molecular complexity index is 337. The first kappa shape index (κ1) is 11.1. The van der Waals surface area contributed by atoms with Gasteiger partial charge in [-0.3, -0.25) is 9.48 Å². The fraction of sp³-hybridized carbons (Fsp3) is 0.700. The molecule has 1 aromatic rings. The highest BCUT2D eigenvalue weighted by atomic mass is 16.2. The van der Waals surface area contributed by atoms with E-state index in [9.17, 15) is 4.79 Å². The van der Waals surface area contributed by atoms with Crippen LogP contribution in [0.15, 0.2) is 12.4 Å². The second-order valence-corrected chi connectivity index (χ2v) is 4.16. The molecule has 0 aliphatic carbocycles. The van der Waals surface area contributed by atoms with Crippen molar-refractivity contribution in [2.75, 3.05) is 13.1 Å². The van der Waals surface area contributed by atoms with E-state index in [0.29, 0.717) is 19.5 Å². The molecule has 1 fully saturated rings. The Morgan fingerprint density at radius 1 is 1.56 bits per heavy atom. The number of hydrogen-bond donors (Lipinski definition) is 1. The Labute approximate surface area is 94.4 Å². The topological polar surface area (TPSA) is 77.0 Å². The lowest BCUT2D eigenvalue weighted by Crippen LogP contribution is -2.45. The predicted molar refractivity (Wildman–Crippen MR) is 58.4 cm³/mol. The van der Waals surface area contributed by atoms with Gasteiger partial charge in [-0.15, -0.1) is 5.10 Å². The van der Waals surface area contributed by atoms with Crippen LogP contribution in [-0.2, 0) is 11.3 Å². The third-order valence-corrected chi connectivity index (χ3v) is 2.84. The van der Waals surface area contributed by atoms with Crippen LogP contribution in [0.2, 0.25) is 0 Å². The molecule has 0 radical (unpaired) electrons. The third kappa shape index (κ3) is 2.79. The predicted octanol–water partition coefficient (Wildman–Crippen LogP) is -0.382. The summed E-state index contributed by atoms with van der Waals surface area (Å²) in [5.41, 5.74) is 5.83. The summed E-state index contributed by atoms with van der Waals surface area (Å²) in [5, 5.41) is 7.51. The minimum absolute atomic E-state index is 0.143. The standard InChI is InChI=1S/C10H17N5O/c11-9-2-1-5-14(8-9)10(16)3-6-15-7-4-12-13-15/h4,7,9H,1-3,5-6,8,11H2. The maximum absolute atomic E-state index is 11.8. The van der Waals surface area contributed by atoms with E-state index in [1.807, 2.05) is 4.90 Å². The van der Waals surface area contributed by atoms with Crippen molar-refractivity contribution in [3.8, 4) is 0 Å². The van der Waals surface area contributed by atoms with Crippen LogP contribution >= 0.6 is 0 Å². The van der Waals surface area contributed by atoms with E-state index in [1.165, 1.54) is 0 Å². The van der Waals surface area contributed by atoms with Gasteiger partial charge in [-0.2, -0.15) is 0 Å². The molecule has 2 N–H and O–H groups in total. The number of carbonyl (C=O) groups is 1. The van der Waals surface area contributed by atoms with E-state index in [0.717, 1.165) is 19.4 Å². The molecule has 1 aliphatic rings. The average molecular weight is 223 g/mol. The molecule has 1 aromatic heterocycles. The van der Waals surface area contributed by atoms with E-state index >= 15 is 0 Å². The fourth-order valence-electron chi connectivity index (χ4n) is 1.96. The highest BCUT2D eigenvalue weighted by molar-refractivity contribution is 5.76. The van der Waals surface area contributed by atoms with E-state index in [-0.39, 0.29) is 11.9 Å². The molecule has 1 atom stereocenters. The summed E-state index contributed by atoms with van der Waals surface area (Å²) in [6.45, 7) is 2.12. The van der Waals surface area contributed by atoms with Gasteiger partial charge < -0.3 is 10.6 Å². The van der Waals surface area contributed by atoms with Crippen molar-refractivity contribution in [2.24, 2.45) is 5.73 Å². The monoisotopic (exact) mass is 223 g/mol. The van der Waals surface area contributed by atoms with E-state index in [2.05, 4.69) is 10.3 Å². The number of hydrogen-bond acceptors (Lipinski definition) is 4. The Hall–Kier alpha value is -1.43. The Kier molecular flexibility index (Phi) is 3.51. The van der Waals surface area contributed by atoms with Gasteiger partial charge in [0.2, 0.25) is 5.91 Å². The smallest absolute Gasteiger partial charge is 0.224 e. The van der Waals surface area contributed by atoms with Gasteiger partial charge in [-0.1, -0.05) is 5.21 Å². The molecular formula is C10H17N5O. The van der Waals surface area contributed by atoms with Crippen LogP contribution in [0.25, 0.3) is 0 Å². The molecule has 0 bridgehead atoms. The second-order valence-electron chi connectivity index (χ2n) is 4.16. The van der Waals surface area contributed by atoms with Gasteiger partial charge in [-0.25, -0.2) is 0 Å². The molecule has 1 aliphatic heterocycles. The van der Waals surface area contributed by atoms with Crippen LogP contribution in [0.1, 0.15) is 19.3 Å². The zero-order valence-corrected chi connectivity index (χ0v) is 9.25. The maximum Gasteiger partial charge on any atom is 0.224 e. The molecule has 2 heterocycles. The van der Waals surface area contributed by atoms with Gasteiger partial charge in [0.25, 0.3) is 0 Å². The molecule has 0 aromatic carbocycles. The van der Waals surface area contributed by atoms with Gasteiger partial charge in [-0.05, 0) is 12.8 Å². The van der Waals surface area contributed by atoms with Crippen molar-refractivity contribution in [3.05, 3.63) is 12.4 Å². The summed E-state index contributed by atoms with van der Waals surface area (Å²) in [6.07, 6.45) is 5.87. The van der Waals surface area contributed by atoms with E-state index < -0.39 is 0 Å². The average Bonchev–Trinajstić information content (AvgIpc) is 2.78. The highest BCUT2D eigenvalue weighted by Crippen LogP contribution is 2.09. The van der Waals surface area contributed by atoms with Crippen LogP contribution in [-0.4, -0.2) is 44.9 Å². The van der Waals surface area contributed by atoms with Gasteiger partial charge in [0.15, 0.2) is 0 Å². The zero-order chi connectivity index (χ0) is 11.4. The van der Waals surface area contributed by atoms with Crippen LogP contribution < -0.4 is 5.73 Å². The molecule has 1 saturated heterocycles. The van der Waals surface area contributed by atoms with E-state index in [4.69, 9.17) is 5.73 Å². The third-order valence-electron chi connectivity index (χ3n) is 2.84. The molecule has 0 saturated carbocycles. The number of carbonyl (C=O) groups excluding carboxylic acids is 1. The number of piperidine rings is 1. The minimum Gasteiger partial charge on any atom is -0.341 e. The maximum atomic E-state index is 11.8. The number of rotatable bonds is 3. The van der Waals surface area contributed by atoms with Crippen LogP contribution in [0.5, 0.6) is 0 Å². The van der Waals surface area contributed by atoms with Gasteiger partial charge in [0, 0.05) is 31.7 Å². The lowest BCUT2D eigenvalue weighted by Gasteiger charge is -2.30. The van der Waals surface area contributed by atoms with Crippen molar-refractivity contribution in [1.82, 2.24) is 19.9 Å². The molecular weight excluding hydrogens is 206 g/mol. The lowest BCUT2D eigenvalue weighted by atomic mass is 10.1. The number of aromatic nitrogens is 3. The molecule has 0 spiro atoms. The Balaban J connectivity index is 1.79. The second kappa shape index (κ2) is 5.07. The quantitative estimate of drug-likeness (QED) is 0.757. The first-order valence-corrected chi connectivity index (χ1v) is 5.63. The Morgan fingerprint density at radius 2 is 2.44 bits per heavy atom. The summed E-state index contributed by atoms with van der Waals surface area (Å²) in [7, 11) is 0. The molecule has 6 heteroatoms. The molecule has 1 unspecified atom stereocenters. The largest absolute Gasteiger partial charge is 0.341 e. The molecule has 16 heavy (non-hydrogen) atoms. The number of nitrogens with two attached hydrogens (primary N) is 1. The Morgan fingerprint density at radius 3 is 3.12 bits per heavy atom. The highest BCUT2D eigenvalue weighted by Gasteiger charge is 2.20. The summed E-state index contributed by atoms with van der Waals surface area (Å²) >= 11 is 0. The number of aryl methyl sites for hydroxylation is 1. The van der Waals surface area contributed by atoms with Crippen LogP contribution in [0, 0.1) is 0 Å². The summed E-state index contributed by atoms with van der Waals surface area (Å²) in [6, 6.07) is 0.143. The summed E-state index contributed by atoms with van der Waals surface area (Å²) < 4.78 is 1.67. The zero-order valence-electron chi connectivity index (χ0n) is 9.25. The number of likely N-dealkylation sites (tertiary alicyclic amines) is 1. The van der Waals surface area contributed by atoms with Gasteiger partial charge in [0.05, 0.1) is 12.7 Å². The SMILES string of the molecule is NC1CCCN(C(=O)CCn2ccnn2)C1. The molecule has 1 amide bonds. The summed E-state index contributed by atoms with van der Waals surface area (Å²) in [4.78, 5) is 13.7. The van der Waals surface area contributed by atoms with Crippen molar-refractivity contribution in [1.29, 1.82) is 0 Å². The number of amides is 1. The molecule has 88 valence electrons. The van der Waals surface area contributed by atoms with Crippen molar-refractivity contribution >= 4 is 5.91 Å². The van der Waals surface area contributed by atoms with Crippen LogP contribution in [0.3, 0.4) is 0 Å². The first-order chi connectivity index (χ1) is 7.75. The molecule has 2 rings (SSSR count). The summed E-state index contributed by atoms with van der Waals surface area (Å²) in [5.74, 6) is 0.158. The number of nitrogens with zero attached hydrogens (tertiary/aromatic N) is 4. The normalized spacial score (nSPS) is 21.1. The lowest BCUT2D eigenvalue weighted by molar-refractivity contribution is -0.132. The van der Waals surface area contributed by atoms with Crippen molar-refractivity contribution in [2.45, 2.75) is 31.8 Å².